The fourth-order valence-electron chi connectivity index (χ4n) is 5.82. The zero-order valence-electron chi connectivity index (χ0n) is 21.0. The van der Waals surface area contributed by atoms with Crippen molar-refractivity contribution in [3.8, 4) is 0 Å². The number of anilines is 1. The Kier molecular flexibility index (Phi) is 6.60. The molecule has 0 amide bonds. The van der Waals surface area contributed by atoms with Crippen molar-refractivity contribution in [3.63, 3.8) is 0 Å². The summed E-state index contributed by atoms with van der Waals surface area (Å²) < 4.78 is 2.18. The fraction of sp³-hybridized carbons (Fsp3) is 0.556. The highest BCUT2D eigenvalue weighted by atomic mass is 16.3. The zero-order valence-corrected chi connectivity index (χ0v) is 21.0. The SMILES string of the molecule is CC(C)N(Cc1nc2cccc(N3CC[C@@H](N(C)C)C3)n2c1CO)[C@H]1CCCc2cccnc21. The van der Waals surface area contributed by atoms with Gasteiger partial charge in [0.1, 0.15) is 11.5 Å². The summed E-state index contributed by atoms with van der Waals surface area (Å²) in [7, 11) is 4.31. The molecular formula is C27H38N6O. The molecule has 5 rings (SSSR count). The molecule has 0 unspecified atom stereocenters. The van der Waals surface area contributed by atoms with E-state index in [1.165, 1.54) is 17.7 Å². The van der Waals surface area contributed by atoms with Crippen molar-refractivity contribution in [3.05, 3.63) is 59.2 Å². The Labute approximate surface area is 203 Å². The van der Waals surface area contributed by atoms with Crippen LogP contribution in [0, 0.1) is 0 Å². The second-order valence-corrected chi connectivity index (χ2v) is 10.3. The highest BCUT2D eigenvalue weighted by Gasteiger charge is 2.31. The third-order valence-electron chi connectivity index (χ3n) is 7.73. The highest BCUT2D eigenvalue weighted by molar-refractivity contribution is 5.55. The number of aliphatic hydroxyl groups excluding tert-OH is 1. The number of aryl methyl sites for hydroxylation is 1. The van der Waals surface area contributed by atoms with Crippen molar-refractivity contribution < 1.29 is 5.11 Å². The molecule has 2 aliphatic rings. The fourth-order valence-corrected chi connectivity index (χ4v) is 5.82. The number of aliphatic hydroxyl groups is 1. The van der Waals surface area contributed by atoms with Crippen molar-refractivity contribution in [1.29, 1.82) is 0 Å². The predicted molar refractivity (Wildman–Crippen MR) is 136 cm³/mol. The first-order valence-electron chi connectivity index (χ1n) is 12.7. The van der Waals surface area contributed by atoms with Gasteiger partial charge in [-0.15, -0.1) is 0 Å². The molecule has 0 aromatic carbocycles. The standard InChI is InChI=1S/C27H38N6O/c1-19(2)32(23-10-5-8-20-9-7-14-28-27(20)23)17-22-24(18-34)33-25(29-22)11-6-12-26(33)31-15-13-21(16-31)30(3)4/h6-7,9,11-12,14,19,21,23,34H,5,8,10,13,15-18H2,1-4H3/t21-,23+/m1/s1. The van der Waals surface area contributed by atoms with Crippen LogP contribution in [0.25, 0.3) is 5.65 Å². The maximum Gasteiger partial charge on any atom is 0.138 e. The number of fused-ring (bicyclic) bond motifs is 2. The molecule has 0 bridgehead atoms. The number of rotatable bonds is 7. The molecule has 1 aliphatic carbocycles. The van der Waals surface area contributed by atoms with E-state index >= 15 is 0 Å². The normalized spacial score (nSPS) is 20.8. The van der Waals surface area contributed by atoms with Gasteiger partial charge in [-0.1, -0.05) is 12.1 Å². The lowest BCUT2D eigenvalue weighted by molar-refractivity contribution is 0.123. The lowest BCUT2D eigenvalue weighted by Gasteiger charge is -2.37. The molecule has 1 fully saturated rings. The van der Waals surface area contributed by atoms with Gasteiger partial charge >= 0.3 is 0 Å². The molecule has 7 nitrogen and oxygen atoms in total. The van der Waals surface area contributed by atoms with Crippen LogP contribution >= 0.6 is 0 Å². The van der Waals surface area contributed by atoms with E-state index in [2.05, 4.69) is 71.3 Å². The molecule has 2 atom stereocenters. The van der Waals surface area contributed by atoms with E-state index in [9.17, 15) is 5.11 Å². The first-order valence-corrected chi connectivity index (χ1v) is 12.7. The van der Waals surface area contributed by atoms with Crippen LogP contribution in [0.5, 0.6) is 0 Å². The third-order valence-corrected chi connectivity index (χ3v) is 7.73. The van der Waals surface area contributed by atoms with E-state index < -0.39 is 0 Å². The second kappa shape index (κ2) is 9.64. The van der Waals surface area contributed by atoms with Crippen LogP contribution in [0.2, 0.25) is 0 Å². The van der Waals surface area contributed by atoms with Crippen molar-refractivity contribution >= 4 is 11.5 Å². The number of hydrogen-bond donors (Lipinski definition) is 1. The average Bonchev–Trinajstić information content (AvgIpc) is 3.47. The van der Waals surface area contributed by atoms with E-state index in [-0.39, 0.29) is 12.6 Å². The molecule has 34 heavy (non-hydrogen) atoms. The number of pyridine rings is 2. The number of likely N-dealkylation sites (N-methyl/N-ethyl adjacent to an activating group) is 1. The third kappa shape index (κ3) is 4.21. The summed E-state index contributed by atoms with van der Waals surface area (Å²) in [4.78, 5) is 17.1. The summed E-state index contributed by atoms with van der Waals surface area (Å²) in [6.07, 6.45) is 6.46. The van der Waals surface area contributed by atoms with Gasteiger partial charge in [-0.2, -0.15) is 0 Å². The Bertz CT molecular complexity index is 1140. The Morgan fingerprint density at radius 1 is 1.15 bits per heavy atom. The molecule has 7 heteroatoms. The molecule has 4 heterocycles. The van der Waals surface area contributed by atoms with Gasteiger partial charge in [0.15, 0.2) is 0 Å². The Balaban J connectivity index is 1.50. The van der Waals surface area contributed by atoms with Crippen LogP contribution in [0.4, 0.5) is 5.82 Å². The van der Waals surface area contributed by atoms with E-state index in [0.29, 0.717) is 18.6 Å². The minimum absolute atomic E-state index is 0.0239. The Morgan fingerprint density at radius 2 is 2.00 bits per heavy atom. The van der Waals surface area contributed by atoms with E-state index in [1.54, 1.807) is 0 Å². The topological polar surface area (TPSA) is 60.1 Å². The van der Waals surface area contributed by atoms with Crippen molar-refractivity contribution in [1.82, 2.24) is 24.2 Å². The zero-order chi connectivity index (χ0) is 23.8. The minimum Gasteiger partial charge on any atom is -0.390 e. The number of hydrogen-bond acceptors (Lipinski definition) is 6. The van der Waals surface area contributed by atoms with Crippen LogP contribution in [0.1, 0.15) is 61.8 Å². The van der Waals surface area contributed by atoms with E-state index in [4.69, 9.17) is 9.97 Å². The van der Waals surface area contributed by atoms with Crippen molar-refractivity contribution in [2.75, 3.05) is 32.1 Å². The van der Waals surface area contributed by atoms with Crippen LogP contribution in [0.15, 0.2) is 36.5 Å². The largest absolute Gasteiger partial charge is 0.390 e. The van der Waals surface area contributed by atoms with Gasteiger partial charge in [-0.3, -0.25) is 14.3 Å². The lowest BCUT2D eigenvalue weighted by atomic mass is 9.90. The monoisotopic (exact) mass is 462 g/mol. The average molecular weight is 463 g/mol. The molecule has 3 aromatic rings. The molecule has 182 valence electrons. The molecule has 3 aromatic heterocycles. The first-order chi connectivity index (χ1) is 16.5. The minimum atomic E-state index is -0.0239. The summed E-state index contributed by atoms with van der Waals surface area (Å²) in [5.74, 6) is 1.13. The summed E-state index contributed by atoms with van der Waals surface area (Å²) in [6.45, 7) is 7.20. The van der Waals surface area contributed by atoms with Gasteiger partial charge in [0.2, 0.25) is 0 Å². The lowest BCUT2D eigenvalue weighted by Crippen LogP contribution is -2.37. The van der Waals surface area contributed by atoms with Gasteiger partial charge in [0.25, 0.3) is 0 Å². The molecular weight excluding hydrogens is 424 g/mol. The van der Waals surface area contributed by atoms with Crippen LogP contribution in [0.3, 0.4) is 0 Å². The van der Waals surface area contributed by atoms with Crippen LogP contribution < -0.4 is 4.90 Å². The summed E-state index contributed by atoms with van der Waals surface area (Å²) in [5, 5.41) is 10.5. The molecule has 0 spiro atoms. The van der Waals surface area contributed by atoms with E-state index in [1.807, 2.05) is 12.3 Å². The van der Waals surface area contributed by atoms with E-state index in [0.717, 1.165) is 55.2 Å². The Hall–Kier alpha value is -2.48. The Morgan fingerprint density at radius 3 is 2.74 bits per heavy atom. The summed E-state index contributed by atoms with van der Waals surface area (Å²) in [5.41, 5.74) is 5.37. The quantitative estimate of drug-likeness (QED) is 0.578. The van der Waals surface area contributed by atoms with Gasteiger partial charge in [-0.05, 0) is 77.4 Å². The predicted octanol–water partition coefficient (Wildman–Crippen LogP) is 3.65. The van der Waals surface area contributed by atoms with Crippen LogP contribution in [-0.2, 0) is 19.6 Å². The smallest absolute Gasteiger partial charge is 0.138 e. The maximum absolute atomic E-state index is 10.5. The molecule has 0 radical (unpaired) electrons. The number of aromatic nitrogens is 3. The van der Waals surface area contributed by atoms with Gasteiger partial charge in [0.05, 0.1) is 29.7 Å². The number of nitrogens with zero attached hydrogens (tertiary/aromatic N) is 6. The van der Waals surface area contributed by atoms with Gasteiger partial charge < -0.3 is 14.9 Å². The van der Waals surface area contributed by atoms with Gasteiger partial charge in [0, 0.05) is 37.9 Å². The van der Waals surface area contributed by atoms with Crippen LogP contribution in [-0.4, -0.2) is 68.5 Å². The molecule has 1 N–H and O–H groups in total. The molecule has 0 saturated carbocycles. The molecule has 1 aliphatic heterocycles. The number of imidazole rings is 1. The van der Waals surface area contributed by atoms with Crippen molar-refractivity contribution in [2.24, 2.45) is 0 Å². The summed E-state index contributed by atoms with van der Waals surface area (Å²) in [6, 6.07) is 11.8. The highest BCUT2D eigenvalue weighted by Crippen LogP contribution is 2.36. The van der Waals surface area contributed by atoms with Crippen molar-refractivity contribution in [2.45, 2.75) is 70.8 Å². The van der Waals surface area contributed by atoms with Gasteiger partial charge in [-0.25, -0.2) is 4.98 Å². The second-order valence-electron chi connectivity index (χ2n) is 10.3. The maximum atomic E-state index is 10.5. The first kappa shape index (κ1) is 23.3. The summed E-state index contributed by atoms with van der Waals surface area (Å²) >= 11 is 0. The molecule has 1 saturated heterocycles.